The maximum atomic E-state index is 13.1. The average molecular weight is 471 g/mol. The van der Waals surface area contributed by atoms with E-state index in [1.54, 1.807) is 0 Å². The molecule has 5 aliphatic rings. The molecule has 0 amide bonds. The van der Waals surface area contributed by atoms with Crippen LogP contribution >= 0.6 is 0 Å². The lowest BCUT2D eigenvalue weighted by molar-refractivity contribution is -0.202. The Balaban J connectivity index is 1.59. The Morgan fingerprint density at radius 1 is 0.941 bits per heavy atom. The molecule has 5 rings (SSSR count). The molecule has 4 nitrogen and oxygen atoms in total. The van der Waals surface area contributed by atoms with Crippen LogP contribution < -0.4 is 0 Å². The summed E-state index contributed by atoms with van der Waals surface area (Å²) in [6, 6.07) is 0. The fraction of sp³-hybridized carbons (Fsp3) is 0.867. The molecule has 4 heteroatoms. The Kier molecular flexibility index (Phi) is 5.04. The molecule has 1 unspecified atom stereocenters. The van der Waals surface area contributed by atoms with Gasteiger partial charge < -0.3 is 10.2 Å². The van der Waals surface area contributed by atoms with Crippen molar-refractivity contribution in [2.75, 3.05) is 0 Å². The van der Waals surface area contributed by atoms with Gasteiger partial charge >= 0.3 is 5.97 Å². The van der Waals surface area contributed by atoms with E-state index in [1.165, 1.54) is 5.57 Å². The standard InChI is InChI=1S/C30H46O4/c1-25(2)21-10-11-30(7)22(28(21,5)17-20(31)23(25)32)9-8-18-19-16-27(4,24(33)34)13-12-26(19,3)14-15-29(18,30)6/h8,19,21-23,32H,9-17H2,1-7H3,(H,33,34)/t19-,21?,22-,23+,26-,27-,28+,29-,30-/m1/s1. The minimum Gasteiger partial charge on any atom is -0.481 e. The van der Waals surface area contributed by atoms with Crippen LogP contribution in [0.15, 0.2) is 11.6 Å². The molecule has 4 saturated carbocycles. The molecule has 0 saturated heterocycles. The van der Waals surface area contributed by atoms with Gasteiger partial charge in [-0.2, -0.15) is 0 Å². The van der Waals surface area contributed by atoms with E-state index in [0.29, 0.717) is 24.2 Å². The summed E-state index contributed by atoms with van der Waals surface area (Å²) in [6.45, 7) is 15.9. The quantitative estimate of drug-likeness (QED) is 0.434. The minimum absolute atomic E-state index is 0.0219. The van der Waals surface area contributed by atoms with Gasteiger partial charge in [-0.25, -0.2) is 0 Å². The fourth-order valence-electron chi connectivity index (χ4n) is 10.5. The van der Waals surface area contributed by atoms with E-state index in [1.807, 2.05) is 6.92 Å². The number of fused-ring (bicyclic) bond motifs is 7. The van der Waals surface area contributed by atoms with Crippen molar-refractivity contribution < 1.29 is 19.8 Å². The van der Waals surface area contributed by atoms with Crippen molar-refractivity contribution >= 4 is 11.8 Å². The number of aliphatic hydroxyl groups excluding tert-OH is 1. The van der Waals surface area contributed by atoms with E-state index in [-0.39, 0.29) is 27.4 Å². The van der Waals surface area contributed by atoms with Gasteiger partial charge in [0.15, 0.2) is 5.78 Å². The van der Waals surface area contributed by atoms with Crippen LogP contribution in [0.3, 0.4) is 0 Å². The van der Waals surface area contributed by atoms with Crippen molar-refractivity contribution in [3.8, 4) is 0 Å². The van der Waals surface area contributed by atoms with Crippen molar-refractivity contribution in [1.82, 2.24) is 0 Å². The molecule has 0 bridgehead atoms. The van der Waals surface area contributed by atoms with Gasteiger partial charge in [0.25, 0.3) is 0 Å². The molecule has 0 aliphatic heterocycles. The van der Waals surface area contributed by atoms with Crippen LogP contribution in [0.5, 0.6) is 0 Å². The second-order valence-corrected chi connectivity index (χ2v) is 14.9. The highest BCUT2D eigenvalue weighted by molar-refractivity contribution is 5.85. The smallest absolute Gasteiger partial charge is 0.309 e. The molecule has 2 N–H and O–H groups in total. The van der Waals surface area contributed by atoms with E-state index < -0.39 is 22.9 Å². The number of carbonyl (C=O) groups excluding carboxylic acids is 1. The highest BCUT2D eigenvalue weighted by Crippen LogP contribution is 2.75. The number of carboxylic acid groups (broad SMARTS) is 1. The molecule has 0 aromatic heterocycles. The number of ketones is 1. The average Bonchev–Trinajstić information content (AvgIpc) is 2.74. The first-order valence-corrected chi connectivity index (χ1v) is 13.7. The maximum absolute atomic E-state index is 13.1. The Morgan fingerprint density at radius 3 is 2.24 bits per heavy atom. The van der Waals surface area contributed by atoms with Gasteiger partial charge in [0.05, 0.1) is 5.41 Å². The minimum atomic E-state index is -0.855. The molecule has 34 heavy (non-hydrogen) atoms. The zero-order chi connectivity index (χ0) is 25.1. The monoisotopic (exact) mass is 470 g/mol. The summed E-state index contributed by atoms with van der Waals surface area (Å²) in [7, 11) is 0. The van der Waals surface area contributed by atoms with Crippen molar-refractivity contribution in [3.05, 3.63) is 11.6 Å². The normalized spacial score (nSPS) is 54.1. The lowest BCUT2D eigenvalue weighted by atomic mass is 9.33. The SMILES string of the molecule is CC1(C)C2CC[C@]3(C)[C@H](CC=C4[C@H]5C[C@](C)(C(=O)O)CC[C@]5(C)CC[C@]43C)[C@@]2(C)CC(=O)[C@@H]1O. The van der Waals surface area contributed by atoms with E-state index in [0.717, 1.165) is 51.4 Å². The molecular formula is C30H46O4. The van der Waals surface area contributed by atoms with Gasteiger partial charge in [-0.3, -0.25) is 9.59 Å². The third-order valence-corrected chi connectivity index (χ3v) is 13.1. The summed E-state index contributed by atoms with van der Waals surface area (Å²) in [5, 5.41) is 20.9. The number of carboxylic acids is 1. The number of hydrogen-bond acceptors (Lipinski definition) is 3. The first kappa shape index (κ1) is 24.5. The lowest BCUT2D eigenvalue weighted by Gasteiger charge is -2.71. The molecule has 0 aromatic rings. The zero-order valence-corrected chi connectivity index (χ0v) is 22.5. The molecule has 0 aromatic carbocycles. The van der Waals surface area contributed by atoms with Gasteiger partial charge in [-0.05, 0) is 97.7 Å². The first-order valence-electron chi connectivity index (χ1n) is 13.7. The third-order valence-electron chi connectivity index (χ3n) is 13.1. The summed E-state index contributed by atoms with van der Waals surface area (Å²) in [5.41, 5.74) is 0.705. The predicted molar refractivity (Wildman–Crippen MR) is 133 cm³/mol. The van der Waals surface area contributed by atoms with Gasteiger partial charge in [0.2, 0.25) is 0 Å². The highest BCUT2D eigenvalue weighted by atomic mass is 16.4. The number of Topliss-reactive ketones (excluding diaryl/α,β-unsaturated/α-hetero) is 1. The van der Waals surface area contributed by atoms with E-state index >= 15 is 0 Å². The summed E-state index contributed by atoms with van der Waals surface area (Å²) >= 11 is 0. The number of aliphatic carboxylic acids is 1. The largest absolute Gasteiger partial charge is 0.481 e. The molecule has 0 radical (unpaired) electrons. The Bertz CT molecular complexity index is 965. The van der Waals surface area contributed by atoms with Crippen LogP contribution in [0.4, 0.5) is 0 Å². The highest BCUT2D eigenvalue weighted by Gasteiger charge is 2.69. The van der Waals surface area contributed by atoms with Gasteiger partial charge in [-0.1, -0.05) is 53.2 Å². The number of allylic oxidation sites excluding steroid dienone is 2. The lowest BCUT2D eigenvalue weighted by Crippen LogP contribution is -2.66. The molecule has 0 spiro atoms. The van der Waals surface area contributed by atoms with Crippen LogP contribution in [-0.4, -0.2) is 28.1 Å². The number of hydrogen-bond donors (Lipinski definition) is 2. The topological polar surface area (TPSA) is 74.6 Å². The van der Waals surface area contributed by atoms with E-state index in [2.05, 4.69) is 47.6 Å². The maximum Gasteiger partial charge on any atom is 0.309 e. The second-order valence-electron chi connectivity index (χ2n) is 14.9. The molecule has 9 atom stereocenters. The number of carbonyl (C=O) groups is 2. The second kappa shape index (κ2) is 6.99. The van der Waals surface area contributed by atoms with Crippen molar-refractivity contribution in [1.29, 1.82) is 0 Å². The Hall–Kier alpha value is -1.16. The third kappa shape index (κ3) is 2.81. The molecular weight excluding hydrogens is 424 g/mol. The Labute approximate surface area is 206 Å². The first-order chi connectivity index (χ1) is 15.6. The van der Waals surface area contributed by atoms with Crippen LogP contribution in [0.2, 0.25) is 0 Å². The van der Waals surface area contributed by atoms with Crippen LogP contribution in [0, 0.1) is 50.2 Å². The molecule has 4 fully saturated rings. The summed E-state index contributed by atoms with van der Waals surface area (Å²) in [6.07, 6.45) is 10.1. The van der Waals surface area contributed by atoms with E-state index in [4.69, 9.17) is 0 Å². The fourth-order valence-corrected chi connectivity index (χ4v) is 10.5. The van der Waals surface area contributed by atoms with Gasteiger partial charge in [-0.15, -0.1) is 0 Å². The molecule has 190 valence electrons. The zero-order valence-electron chi connectivity index (χ0n) is 22.5. The molecule has 5 aliphatic carbocycles. The van der Waals surface area contributed by atoms with Gasteiger partial charge in [0.1, 0.15) is 6.10 Å². The summed E-state index contributed by atoms with van der Waals surface area (Å²) < 4.78 is 0. The van der Waals surface area contributed by atoms with Crippen molar-refractivity contribution in [2.45, 2.75) is 112 Å². The number of aliphatic hydroxyl groups is 1. The predicted octanol–water partition coefficient (Wildman–Crippen LogP) is 6.41. The summed E-state index contributed by atoms with van der Waals surface area (Å²) in [5.74, 6) is 0.450. The van der Waals surface area contributed by atoms with Crippen LogP contribution in [0.25, 0.3) is 0 Å². The van der Waals surface area contributed by atoms with Crippen molar-refractivity contribution in [3.63, 3.8) is 0 Å². The van der Waals surface area contributed by atoms with Crippen molar-refractivity contribution in [2.24, 2.45) is 50.2 Å². The number of rotatable bonds is 1. The Morgan fingerprint density at radius 2 is 1.59 bits per heavy atom. The summed E-state index contributed by atoms with van der Waals surface area (Å²) in [4.78, 5) is 25.3. The van der Waals surface area contributed by atoms with Crippen LogP contribution in [-0.2, 0) is 9.59 Å². The molecule has 0 heterocycles. The van der Waals surface area contributed by atoms with E-state index in [9.17, 15) is 19.8 Å². The van der Waals surface area contributed by atoms with Crippen LogP contribution in [0.1, 0.15) is 106 Å². The van der Waals surface area contributed by atoms with Gasteiger partial charge in [0, 0.05) is 11.8 Å².